The number of hydrogen-bond donors (Lipinski definition) is 1. The fraction of sp³-hybridized carbons (Fsp3) is 0.250. The van der Waals surface area contributed by atoms with Crippen LogP contribution in [-0.2, 0) is 0 Å². The Bertz CT molecular complexity index is 654. The normalized spacial score (nSPS) is 10.6. The summed E-state index contributed by atoms with van der Waals surface area (Å²) in [6, 6.07) is 4.65. The minimum absolute atomic E-state index is 0.0288. The first-order chi connectivity index (χ1) is 9.06. The van der Waals surface area contributed by atoms with Crippen molar-refractivity contribution in [1.82, 2.24) is 5.32 Å². The van der Waals surface area contributed by atoms with Crippen LogP contribution in [0.5, 0.6) is 0 Å². The highest BCUT2D eigenvalue weighted by molar-refractivity contribution is 7.22. The Morgan fingerprint density at radius 2 is 2.26 bits per heavy atom. The second-order valence-corrected chi connectivity index (χ2v) is 5.31. The number of thiophene rings is 1. The Hall–Kier alpha value is -1.66. The first-order valence-corrected chi connectivity index (χ1v) is 6.89. The summed E-state index contributed by atoms with van der Waals surface area (Å²) in [6.45, 7) is 2.49. The molecule has 1 amide bonds. The highest BCUT2D eigenvalue weighted by atomic mass is 35.5. The predicted molar refractivity (Wildman–Crippen MR) is 76.1 cm³/mol. The first-order valence-electron chi connectivity index (χ1n) is 5.69. The van der Waals surface area contributed by atoms with Crippen molar-refractivity contribution in [2.45, 2.75) is 13.3 Å². The van der Waals surface area contributed by atoms with Crippen molar-refractivity contribution in [2.75, 3.05) is 6.54 Å². The van der Waals surface area contributed by atoms with Crippen LogP contribution < -0.4 is 5.32 Å². The number of carbonyl (C=O) groups excluding carboxylic acids is 1. The average molecular weight is 299 g/mol. The number of carbonyl (C=O) groups is 1. The van der Waals surface area contributed by atoms with E-state index in [9.17, 15) is 14.9 Å². The number of nitrogens with zero attached hydrogens (tertiary/aromatic N) is 1. The molecule has 0 saturated carbocycles. The van der Waals surface area contributed by atoms with Gasteiger partial charge >= 0.3 is 0 Å². The van der Waals surface area contributed by atoms with Gasteiger partial charge in [0.1, 0.15) is 9.58 Å². The lowest BCUT2D eigenvalue weighted by atomic mass is 10.2. The lowest BCUT2D eigenvalue weighted by Crippen LogP contribution is -2.23. The molecule has 0 bridgehead atoms. The molecule has 0 unspecified atom stereocenters. The van der Waals surface area contributed by atoms with Crippen molar-refractivity contribution in [3.05, 3.63) is 38.2 Å². The van der Waals surface area contributed by atoms with Gasteiger partial charge in [-0.2, -0.15) is 0 Å². The van der Waals surface area contributed by atoms with E-state index in [1.165, 1.54) is 6.07 Å². The van der Waals surface area contributed by atoms with Crippen LogP contribution in [0.4, 0.5) is 5.69 Å². The zero-order chi connectivity index (χ0) is 14.0. The SMILES string of the molecule is CCCNC(=O)c1sc2c([N+](=O)[O-])cccc2c1Cl. The molecule has 0 aliphatic heterocycles. The number of fused-ring (bicyclic) bond motifs is 1. The van der Waals surface area contributed by atoms with Crippen LogP contribution in [0.25, 0.3) is 10.1 Å². The molecule has 2 rings (SSSR count). The van der Waals surface area contributed by atoms with Gasteiger partial charge in [-0.3, -0.25) is 14.9 Å². The van der Waals surface area contributed by atoms with E-state index in [1.807, 2.05) is 6.92 Å². The third-order valence-corrected chi connectivity index (χ3v) is 4.30. The van der Waals surface area contributed by atoms with Crippen molar-refractivity contribution >= 4 is 44.6 Å². The van der Waals surface area contributed by atoms with Crippen LogP contribution in [0.3, 0.4) is 0 Å². The Balaban J connectivity index is 2.53. The number of rotatable bonds is 4. The summed E-state index contributed by atoms with van der Waals surface area (Å²) < 4.78 is 0.430. The molecule has 0 spiro atoms. The smallest absolute Gasteiger partial charge is 0.287 e. The van der Waals surface area contributed by atoms with Gasteiger partial charge in [0.2, 0.25) is 0 Å². The quantitative estimate of drug-likeness (QED) is 0.692. The zero-order valence-electron chi connectivity index (χ0n) is 10.1. The van der Waals surface area contributed by atoms with Crippen LogP contribution in [0.2, 0.25) is 5.02 Å². The minimum Gasteiger partial charge on any atom is -0.351 e. The van der Waals surface area contributed by atoms with Crippen LogP contribution in [0.1, 0.15) is 23.0 Å². The van der Waals surface area contributed by atoms with E-state index in [2.05, 4.69) is 5.32 Å². The van der Waals surface area contributed by atoms with Gasteiger partial charge in [0.05, 0.1) is 9.95 Å². The highest BCUT2D eigenvalue weighted by Gasteiger charge is 2.22. The number of hydrogen-bond acceptors (Lipinski definition) is 4. The number of non-ortho nitro benzene ring substituents is 1. The summed E-state index contributed by atoms with van der Waals surface area (Å²) in [5, 5.41) is 14.5. The molecule has 100 valence electrons. The number of halogens is 1. The third-order valence-electron chi connectivity index (χ3n) is 2.57. The van der Waals surface area contributed by atoms with Crippen LogP contribution >= 0.6 is 22.9 Å². The molecule has 0 saturated heterocycles. The lowest BCUT2D eigenvalue weighted by Gasteiger charge is -2.00. The second kappa shape index (κ2) is 5.54. The topological polar surface area (TPSA) is 72.2 Å². The number of amides is 1. The molecule has 0 atom stereocenters. The van der Waals surface area contributed by atoms with Gasteiger partial charge in [0.25, 0.3) is 11.6 Å². The fourth-order valence-electron chi connectivity index (χ4n) is 1.68. The molecule has 0 fully saturated rings. The molecular weight excluding hydrogens is 288 g/mol. The average Bonchev–Trinajstić information content (AvgIpc) is 2.73. The molecule has 1 aromatic heterocycles. The third kappa shape index (κ3) is 2.54. The monoisotopic (exact) mass is 298 g/mol. The Morgan fingerprint density at radius 3 is 2.89 bits per heavy atom. The van der Waals surface area contributed by atoms with Crippen molar-refractivity contribution in [3.8, 4) is 0 Å². The summed E-state index contributed by atoms with van der Waals surface area (Å²) in [6.07, 6.45) is 0.814. The molecule has 2 aromatic rings. The summed E-state index contributed by atoms with van der Waals surface area (Å²) in [5.41, 5.74) is -0.0288. The van der Waals surface area contributed by atoms with E-state index in [1.54, 1.807) is 12.1 Å². The van der Waals surface area contributed by atoms with Crippen LogP contribution in [0.15, 0.2) is 18.2 Å². The summed E-state index contributed by atoms with van der Waals surface area (Å²) >= 11 is 7.19. The van der Waals surface area contributed by atoms with Gasteiger partial charge in [0, 0.05) is 18.0 Å². The molecule has 5 nitrogen and oxygen atoms in total. The molecule has 0 radical (unpaired) electrons. The van der Waals surface area contributed by atoms with E-state index < -0.39 is 4.92 Å². The van der Waals surface area contributed by atoms with E-state index in [0.717, 1.165) is 17.8 Å². The van der Waals surface area contributed by atoms with Gasteiger partial charge in [-0.25, -0.2) is 0 Å². The van der Waals surface area contributed by atoms with Gasteiger partial charge in [0.15, 0.2) is 0 Å². The lowest BCUT2D eigenvalue weighted by molar-refractivity contribution is -0.382. The van der Waals surface area contributed by atoms with Gasteiger partial charge in [-0.15, -0.1) is 11.3 Å². The van der Waals surface area contributed by atoms with Crippen LogP contribution in [0, 0.1) is 10.1 Å². The summed E-state index contributed by atoms with van der Waals surface area (Å²) in [4.78, 5) is 22.7. The van der Waals surface area contributed by atoms with E-state index >= 15 is 0 Å². The maximum absolute atomic E-state index is 11.9. The Kier molecular flexibility index (Phi) is 4.01. The van der Waals surface area contributed by atoms with Gasteiger partial charge in [-0.05, 0) is 6.42 Å². The highest BCUT2D eigenvalue weighted by Crippen LogP contribution is 2.39. The van der Waals surface area contributed by atoms with Gasteiger partial charge in [-0.1, -0.05) is 30.7 Å². The summed E-state index contributed by atoms with van der Waals surface area (Å²) in [7, 11) is 0. The number of nitrogens with one attached hydrogen (secondary N) is 1. The predicted octanol–water partition coefficient (Wildman–Crippen LogP) is 3.60. The van der Waals surface area contributed by atoms with Crippen LogP contribution in [-0.4, -0.2) is 17.4 Å². The maximum Gasteiger partial charge on any atom is 0.287 e. The minimum atomic E-state index is -0.469. The maximum atomic E-state index is 11.9. The molecule has 19 heavy (non-hydrogen) atoms. The Labute approximate surface area is 118 Å². The molecule has 1 heterocycles. The zero-order valence-corrected chi connectivity index (χ0v) is 11.7. The van der Waals surface area contributed by atoms with Gasteiger partial charge < -0.3 is 5.32 Å². The second-order valence-electron chi connectivity index (χ2n) is 3.91. The number of nitro benzene ring substituents is 1. The van der Waals surface area contributed by atoms with E-state index in [0.29, 0.717) is 21.5 Å². The molecule has 1 N–H and O–H groups in total. The first kappa shape index (κ1) is 13.8. The molecular formula is C12H11ClN2O3S. The number of nitro groups is 1. The van der Waals surface area contributed by atoms with Crippen molar-refractivity contribution in [3.63, 3.8) is 0 Å². The Morgan fingerprint density at radius 1 is 1.53 bits per heavy atom. The standard InChI is InChI=1S/C12H11ClN2O3S/c1-2-6-14-12(16)11-9(13)7-4-3-5-8(15(17)18)10(7)19-11/h3-5H,2,6H2,1H3,(H,14,16). The van der Waals surface area contributed by atoms with Crippen molar-refractivity contribution < 1.29 is 9.72 Å². The molecule has 1 aromatic carbocycles. The van der Waals surface area contributed by atoms with Crippen molar-refractivity contribution in [1.29, 1.82) is 0 Å². The summed E-state index contributed by atoms with van der Waals surface area (Å²) in [5.74, 6) is -0.289. The van der Waals surface area contributed by atoms with E-state index in [-0.39, 0.29) is 16.6 Å². The molecule has 0 aliphatic rings. The fourth-order valence-corrected chi connectivity index (χ4v) is 3.19. The number of benzene rings is 1. The van der Waals surface area contributed by atoms with E-state index in [4.69, 9.17) is 11.6 Å². The molecule has 0 aliphatic carbocycles. The van der Waals surface area contributed by atoms with Crippen molar-refractivity contribution in [2.24, 2.45) is 0 Å². The molecule has 7 heteroatoms. The largest absolute Gasteiger partial charge is 0.351 e.